The number of nitrogens with one attached hydrogen (secondary N) is 1. The zero-order chi connectivity index (χ0) is 13.0. The highest BCUT2D eigenvalue weighted by atomic mass is 32.2. The first-order valence-electron chi connectivity index (χ1n) is 6.23. The molecule has 18 heavy (non-hydrogen) atoms. The third-order valence-corrected chi connectivity index (χ3v) is 4.80. The summed E-state index contributed by atoms with van der Waals surface area (Å²) in [5.74, 6) is 5.28. The predicted octanol–water partition coefficient (Wildman–Crippen LogP) is 3.15. The van der Waals surface area contributed by atoms with E-state index in [-0.39, 0.29) is 6.04 Å². The fourth-order valence-electron chi connectivity index (χ4n) is 2.30. The van der Waals surface area contributed by atoms with E-state index in [0.29, 0.717) is 16.6 Å². The van der Waals surface area contributed by atoms with Gasteiger partial charge in [-0.25, -0.2) is 8.78 Å². The number of hydrogen-bond acceptors (Lipinski definition) is 3. The van der Waals surface area contributed by atoms with Gasteiger partial charge in [-0.1, -0.05) is 12.8 Å². The minimum atomic E-state index is -0.433. The molecule has 1 atom stereocenters. The van der Waals surface area contributed by atoms with Gasteiger partial charge in [0.15, 0.2) is 0 Å². The molecule has 2 rings (SSSR count). The highest BCUT2D eigenvalue weighted by Gasteiger charge is 2.20. The molecule has 0 aliphatic heterocycles. The van der Waals surface area contributed by atoms with Crippen LogP contribution in [0, 0.1) is 11.6 Å². The third-order valence-electron chi connectivity index (χ3n) is 3.34. The first-order chi connectivity index (χ1) is 8.70. The Balaban J connectivity index is 2.00. The molecule has 0 bridgehead atoms. The van der Waals surface area contributed by atoms with Gasteiger partial charge in [0.05, 0.1) is 6.04 Å². The van der Waals surface area contributed by atoms with Crippen molar-refractivity contribution in [2.24, 2.45) is 5.84 Å². The second kappa shape index (κ2) is 6.50. The number of thioether (sulfide) groups is 1. The van der Waals surface area contributed by atoms with Crippen molar-refractivity contribution < 1.29 is 8.78 Å². The molecule has 1 unspecified atom stereocenters. The minimum absolute atomic E-state index is 0.308. The van der Waals surface area contributed by atoms with Gasteiger partial charge in [0, 0.05) is 16.6 Å². The molecule has 0 radical (unpaired) electrons. The molecule has 1 aromatic carbocycles. The van der Waals surface area contributed by atoms with Crippen LogP contribution in [0.3, 0.4) is 0 Å². The van der Waals surface area contributed by atoms with Crippen LogP contribution < -0.4 is 11.3 Å². The normalized spacial score (nSPS) is 18.2. The maximum atomic E-state index is 13.6. The lowest BCUT2D eigenvalue weighted by atomic mass is 10.1. The van der Waals surface area contributed by atoms with Crippen LogP contribution in [0.4, 0.5) is 8.78 Å². The van der Waals surface area contributed by atoms with Crippen molar-refractivity contribution in [2.45, 2.75) is 37.0 Å². The summed E-state index contributed by atoms with van der Waals surface area (Å²) in [4.78, 5) is 0. The largest absolute Gasteiger partial charge is 0.271 e. The molecule has 1 aromatic rings. The number of hydrazine groups is 1. The monoisotopic (exact) mass is 272 g/mol. The van der Waals surface area contributed by atoms with Gasteiger partial charge in [0.2, 0.25) is 0 Å². The van der Waals surface area contributed by atoms with E-state index in [9.17, 15) is 8.78 Å². The Labute approximate surface area is 110 Å². The van der Waals surface area contributed by atoms with Crippen LogP contribution in [0.15, 0.2) is 18.2 Å². The van der Waals surface area contributed by atoms with Crippen LogP contribution in [0.1, 0.15) is 37.3 Å². The number of halogens is 2. The van der Waals surface area contributed by atoms with Crippen molar-refractivity contribution in [1.82, 2.24) is 5.43 Å². The molecule has 100 valence electrons. The Bertz CT molecular complexity index is 395. The van der Waals surface area contributed by atoms with Crippen LogP contribution in [-0.4, -0.2) is 11.0 Å². The molecule has 0 saturated heterocycles. The van der Waals surface area contributed by atoms with E-state index >= 15 is 0 Å². The summed E-state index contributed by atoms with van der Waals surface area (Å²) in [6, 6.07) is 3.15. The first-order valence-corrected chi connectivity index (χ1v) is 7.28. The summed E-state index contributed by atoms with van der Waals surface area (Å²) in [5, 5.41) is 0.637. The molecule has 5 heteroatoms. The smallest absolute Gasteiger partial charge is 0.128 e. The summed E-state index contributed by atoms with van der Waals surface area (Å²) >= 11 is 1.79. The average Bonchev–Trinajstić information content (AvgIpc) is 2.87. The maximum absolute atomic E-state index is 13.6. The second-order valence-electron chi connectivity index (χ2n) is 4.62. The van der Waals surface area contributed by atoms with E-state index < -0.39 is 11.6 Å². The zero-order valence-electron chi connectivity index (χ0n) is 10.2. The van der Waals surface area contributed by atoms with Gasteiger partial charge in [0.25, 0.3) is 0 Å². The van der Waals surface area contributed by atoms with E-state index in [1.807, 2.05) is 0 Å². The van der Waals surface area contributed by atoms with Crippen LogP contribution in [0.25, 0.3) is 0 Å². The van der Waals surface area contributed by atoms with E-state index in [1.54, 1.807) is 11.8 Å². The number of nitrogens with two attached hydrogens (primary N) is 1. The van der Waals surface area contributed by atoms with Gasteiger partial charge in [-0.3, -0.25) is 11.3 Å². The Morgan fingerprint density at radius 3 is 2.72 bits per heavy atom. The highest BCUT2D eigenvalue weighted by Crippen LogP contribution is 2.32. The van der Waals surface area contributed by atoms with Gasteiger partial charge < -0.3 is 0 Å². The fourth-order valence-corrected chi connectivity index (χ4v) is 3.70. The molecule has 1 aliphatic rings. The molecule has 0 heterocycles. The van der Waals surface area contributed by atoms with Gasteiger partial charge in [0.1, 0.15) is 11.6 Å². The van der Waals surface area contributed by atoms with Crippen molar-refractivity contribution in [3.05, 3.63) is 35.4 Å². The van der Waals surface area contributed by atoms with Crippen molar-refractivity contribution in [3.8, 4) is 0 Å². The molecule has 0 amide bonds. The SMILES string of the molecule is NNC(CSC1CCCC1)c1cc(F)ccc1F. The summed E-state index contributed by atoms with van der Waals surface area (Å²) in [7, 11) is 0. The zero-order valence-corrected chi connectivity index (χ0v) is 11.0. The average molecular weight is 272 g/mol. The quantitative estimate of drug-likeness (QED) is 0.639. The predicted molar refractivity (Wildman–Crippen MR) is 71.1 cm³/mol. The van der Waals surface area contributed by atoms with Crippen molar-refractivity contribution in [1.29, 1.82) is 0 Å². The summed E-state index contributed by atoms with van der Waals surface area (Å²) < 4.78 is 26.8. The Kier molecular flexibility index (Phi) is 4.97. The van der Waals surface area contributed by atoms with Crippen molar-refractivity contribution in [2.75, 3.05) is 5.75 Å². The lowest BCUT2D eigenvalue weighted by Crippen LogP contribution is -2.31. The molecule has 0 spiro atoms. The van der Waals surface area contributed by atoms with Gasteiger partial charge in [-0.15, -0.1) is 0 Å². The van der Waals surface area contributed by atoms with Crippen LogP contribution in [0.2, 0.25) is 0 Å². The molecule has 1 saturated carbocycles. The van der Waals surface area contributed by atoms with Crippen molar-refractivity contribution in [3.63, 3.8) is 0 Å². The second-order valence-corrected chi connectivity index (χ2v) is 5.96. The molecule has 1 fully saturated rings. The van der Waals surface area contributed by atoms with Crippen LogP contribution in [-0.2, 0) is 0 Å². The molecule has 2 nitrogen and oxygen atoms in total. The van der Waals surface area contributed by atoms with Gasteiger partial charge in [-0.2, -0.15) is 11.8 Å². The van der Waals surface area contributed by atoms with E-state index in [2.05, 4.69) is 5.43 Å². The summed E-state index contributed by atoms with van der Waals surface area (Å²) in [6.07, 6.45) is 4.97. The lowest BCUT2D eigenvalue weighted by molar-refractivity contribution is 0.533. The third kappa shape index (κ3) is 3.43. The molecule has 1 aliphatic carbocycles. The van der Waals surface area contributed by atoms with Crippen molar-refractivity contribution >= 4 is 11.8 Å². The van der Waals surface area contributed by atoms with E-state index in [0.717, 1.165) is 12.1 Å². The molecular formula is C13H18F2N2S. The summed E-state index contributed by atoms with van der Waals surface area (Å²) in [6.45, 7) is 0. The van der Waals surface area contributed by atoms with Gasteiger partial charge >= 0.3 is 0 Å². The molecular weight excluding hydrogens is 254 g/mol. The standard InChI is InChI=1S/C13H18F2N2S/c14-9-5-6-12(15)11(7-9)13(17-16)8-18-10-3-1-2-4-10/h5-7,10,13,17H,1-4,8,16H2. The molecule has 0 aromatic heterocycles. The topological polar surface area (TPSA) is 38.0 Å². The number of benzene rings is 1. The van der Waals surface area contributed by atoms with E-state index in [4.69, 9.17) is 5.84 Å². The first kappa shape index (κ1) is 13.8. The fraction of sp³-hybridized carbons (Fsp3) is 0.538. The van der Waals surface area contributed by atoms with E-state index in [1.165, 1.54) is 31.7 Å². The van der Waals surface area contributed by atoms with Crippen LogP contribution in [0.5, 0.6) is 0 Å². The van der Waals surface area contributed by atoms with Gasteiger partial charge in [-0.05, 0) is 31.0 Å². The Morgan fingerprint density at radius 1 is 1.33 bits per heavy atom. The Hall–Kier alpha value is -0.650. The minimum Gasteiger partial charge on any atom is -0.271 e. The van der Waals surface area contributed by atoms with Crippen LogP contribution >= 0.6 is 11.8 Å². The lowest BCUT2D eigenvalue weighted by Gasteiger charge is -2.19. The molecule has 3 N–H and O–H groups in total. The number of hydrogen-bond donors (Lipinski definition) is 2. The maximum Gasteiger partial charge on any atom is 0.128 e. The highest BCUT2D eigenvalue weighted by molar-refractivity contribution is 7.99. The Morgan fingerprint density at radius 2 is 2.06 bits per heavy atom. The number of rotatable bonds is 5. The summed E-state index contributed by atoms with van der Waals surface area (Å²) in [5.41, 5.74) is 2.89.